The second kappa shape index (κ2) is 23.5. The van der Waals surface area contributed by atoms with Crippen LogP contribution in [0.15, 0.2) is 105 Å². The summed E-state index contributed by atoms with van der Waals surface area (Å²) in [6, 6.07) is 20.6. The Bertz CT molecular complexity index is 2610. The second-order valence-corrected chi connectivity index (χ2v) is 15.4. The number of rotatable bonds is 16. The van der Waals surface area contributed by atoms with Gasteiger partial charge in [0.2, 0.25) is 17.8 Å². The van der Waals surface area contributed by atoms with Crippen molar-refractivity contribution in [3.05, 3.63) is 107 Å². The number of nitrogens with zero attached hydrogens (tertiary/aromatic N) is 3. The first-order chi connectivity index (χ1) is 28.5. The van der Waals surface area contributed by atoms with Crippen LogP contribution in [0.3, 0.4) is 0 Å². The van der Waals surface area contributed by atoms with E-state index in [9.17, 15) is 42.5 Å². The van der Waals surface area contributed by atoms with Gasteiger partial charge in [-0.25, -0.2) is 13.2 Å². The molecule has 0 radical (unpaired) electrons. The van der Waals surface area contributed by atoms with Gasteiger partial charge in [0.05, 0.1) is 50.5 Å². The number of fused-ring (bicyclic) bond motifs is 1. The van der Waals surface area contributed by atoms with Crippen LogP contribution in [0.5, 0.6) is 11.5 Å². The van der Waals surface area contributed by atoms with Gasteiger partial charge in [-0.2, -0.15) is 9.45 Å². The number of aromatic hydroxyl groups is 1. The summed E-state index contributed by atoms with van der Waals surface area (Å²) in [5.74, 6) is -2.55. The Morgan fingerprint density at radius 2 is 1.63 bits per heavy atom. The zero-order valence-electron chi connectivity index (χ0n) is 34.0. The molecule has 5 aromatic carbocycles. The number of phenols is 1. The number of ether oxygens (including phenoxy) is 2. The van der Waals surface area contributed by atoms with E-state index in [1.54, 1.807) is 50.2 Å². The zero-order valence-corrected chi connectivity index (χ0v) is 40.3. The van der Waals surface area contributed by atoms with Crippen LogP contribution >= 0.6 is 23.6 Å². The van der Waals surface area contributed by atoms with Crippen molar-refractivity contribution in [1.82, 2.24) is 4.90 Å². The predicted octanol–water partition coefficient (Wildman–Crippen LogP) is 0.670. The molecule has 0 aliphatic rings. The minimum atomic E-state index is -5.00. The minimum absolute atomic E-state index is 0. The fourth-order valence-electron chi connectivity index (χ4n) is 5.55. The number of benzene rings is 5. The average molecular weight is 926 g/mol. The molecule has 0 heterocycles. The van der Waals surface area contributed by atoms with Gasteiger partial charge in [0.1, 0.15) is 28.2 Å². The van der Waals surface area contributed by atoms with E-state index in [0.29, 0.717) is 23.4 Å². The number of hydrogen-bond acceptors (Lipinski definition) is 16. The number of anilines is 2. The molecular formula is C39H34ClN5Na2O13S2. The molecule has 3 amide bonds. The fraction of sp³-hybridized carbons (Fsp3) is 0.179. The number of Topliss-reactive ketones (excluding diaryl/α,β-unsaturated/α-hetero) is 1. The van der Waals surface area contributed by atoms with E-state index in [2.05, 4.69) is 30.2 Å². The van der Waals surface area contributed by atoms with Gasteiger partial charge in [0.25, 0.3) is 5.91 Å². The molecule has 0 aromatic heterocycles. The molecule has 3 N–H and O–H groups in total. The molecule has 5 rings (SSSR count). The number of amides is 3. The van der Waals surface area contributed by atoms with Crippen molar-refractivity contribution in [2.24, 2.45) is 10.2 Å². The molecule has 18 nitrogen and oxygen atoms in total. The average Bonchev–Trinajstić information content (AvgIpc) is 3.19. The van der Waals surface area contributed by atoms with Crippen LogP contribution < -0.4 is 79.7 Å². The predicted molar refractivity (Wildman–Crippen MR) is 215 cm³/mol. The van der Waals surface area contributed by atoms with Crippen LogP contribution in [0.2, 0.25) is 5.02 Å². The van der Waals surface area contributed by atoms with E-state index >= 15 is 0 Å². The first-order valence-electron chi connectivity index (χ1n) is 17.4. The molecule has 314 valence electrons. The van der Waals surface area contributed by atoms with Gasteiger partial charge in [0.15, 0.2) is 5.75 Å². The molecule has 0 fully saturated rings. The Morgan fingerprint density at radius 3 is 2.27 bits per heavy atom. The van der Waals surface area contributed by atoms with Gasteiger partial charge < -0.3 is 39.9 Å². The summed E-state index contributed by atoms with van der Waals surface area (Å²) in [5, 5.41) is 38.5. The summed E-state index contributed by atoms with van der Waals surface area (Å²) in [4.78, 5) is 52.4. The molecule has 0 bridgehead atoms. The Kier molecular flexibility index (Phi) is 19.8. The van der Waals surface area contributed by atoms with Gasteiger partial charge in [-0.05, 0) is 85.0 Å². The number of nitrogens with one attached hydrogen (secondary N) is 2. The van der Waals surface area contributed by atoms with Crippen LogP contribution in [0.25, 0.3) is 10.8 Å². The third-order valence-corrected chi connectivity index (χ3v) is 10.2. The van der Waals surface area contributed by atoms with Gasteiger partial charge in [0, 0.05) is 24.9 Å². The number of halogens is 1. The van der Waals surface area contributed by atoms with Crippen molar-refractivity contribution in [3.63, 3.8) is 0 Å². The Hall–Kier alpha value is -4.13. The summed E-state index contributed by atoms with van der Waals surface area (Å²) in [6.07, 6.45) is -2.83. The zero-order chi connectivity index (χ0) is 43.7. The first kappa shape index (κ1) is 52.2. The molecular weight excluding hydrogens is 892 g/mol. The Labute approximate surface area is 408 Å². The Balaban J connectivity index is 0.00000512. The number of aryl methyl sites for hydroxylation is 2. The largest absolute Gasteiger partial charge is 1.00 e. The van der Waals surface area contributed by atoms with Crippen molar-refractivity contribution in [3.8, 4) is 11.5 Å². The number of ketones is 1. The number of hydrogen-bond donors (Lipinski definition) is 3. The third-order valence-electron chi connectivity index (χ3n) is 8.47. The number of carbonyl (C=O) groups excluding carboxylic acids is 4. The fourth-order valence-corrected chi connectivity index (χ4v) is 6.74. The third kappa shape index (κ3) is 13.7. The SMILES string of the molecule is CC(=O)Nc1cc(S(=O)(=O)[O-])cc2cc(SOO[O-])c(N=Nc3ccc(OCCN(C)C(=O)OC(C(=O)Nc4cc(C)ccc4Cl)C(=O)c4ccccc4C)cc3)c(O)c12.[Na+].[Na+]. The van der Waals surface area contributed by atoms with Gasteiger partial charge in [-0.15, -0.1) is 5.11 Å². The second-order valence-electron chi connectivity index (χ2n) is 12.9. The van der Waals surface area contributed by atoms with Gasteiger partial charge in [-0.3, -0.25) is 19.4 Å². The number of likely N-dealkylation sites (N-methyl/N-ethyl adjacent to an activating group) is 1. The van der Waals surface area contributed by atoms with Crippen LogP contribution in [0.1, 0.15) is 28.4 Å². The van der Waals surface area contributed by atoms with E-state index in [4.69, 9.17) is 21.1 Å². The van der Waals surface area contributed by atoms with Crippen LogP contribution in [0.4, 0.5) is 27.5 Å². The topological polar surface area (TPSA) is 258 Å². The van der Waals surface area contributed by atoms with Crippen LogP contribution in [-0.2, 0) is 33.8 Å². The van der Waals surface area contributed by atoms with Crippen LogP contribution in [-0.4, -0.2) is 73.0 Å². The van der Waals surface area contributed by atoms with Crippen molar-refractivity contribution < 1.29 is 120 Å². The summed E-state index contributed by atoms with van der Waals surface area (Å²) >= 11 is 6.56. The van der Waals surface area contributed by atoms with Crippen molar-refractivity contribution in [2.45, 2.75) is 36.7 Å². The maximum Gasteiger partial charge on any atom is 1.00 e. The molecule has 0 spiro atoms. The first-order valence-corrected chi connectivity index (χ1v) is 19.9. The maximum atomic E-state index is 13.6. The van der Waals surface area contributed by atoms with Gasteiger partial charge >= 0.3 is 65.2 Å². The van der Waals surface area contributed by atoms with E-state index in [1.165, 1.54) is 43.4 Å². The number of azo groups is 1. The summed E-state index contributed by atoms with van der Waals surface area (Å²) in [6.45, 7) is 4.53. The van der Waals surface area contributed by atoms with E-state index in [0.717, 1.165) is 29.5 Å². The smallest absolute Gasteiger partial charge is 0.744 e. The molecule has 62 heavy (non-hydrogen) atoms. The van der Waals surface area contributed by atoms with Gasteiger partial charge in [-0.1, -0.05) is 41.9 Å². The number of phenolic OH excluding ortho intramolecular Hbond substituents is 1. The van der Waals surface area contributed by atoms with Crippen molar-refractivity contribution >= 4 is 91.0 Å². The van der Waals surface area contributed by atoms with Crippen LogP contribution in [0, 0.1) is 13.8 Å². The van der Waals surface area contributed by atoms with Crippen molar-refractivity contribution in [1.29, 1.82) is 0 Å². The summed E-state index contributed by atoms with van der Waals surface area (Å²) in [7, 11) is -3.60. The standard InChI is InChI=1S/C39H36ClN5O13S2.2Na/c1-21-9-14-29(40)30(17-21)42-38(49)37(35(47)28-8-6-5-7-22(28)2)56-39(50)45(4)15-16-55-26-12-10-25(11-13-26)43-44-34-32(59-58-57-51)19-24-18-27(60(52,53)54)20-31(41-23(3)46)33(24)36(34)48;;/h5-14,17-20,37,48,51H,15-16H2,1-4H3,(H,41,46)(H,42,49)(H,52,53,54);;/q;2*+1/p-2. The molecule has 5 aromatic rings. The Morgan fingerprint density at radius 1 is 0.935 bits per heavy atom. The molecule has 0 aliphatic heterocycles. The quantitative estimate of drug-likeness (QED) is 0.0180. The van der Waals surface area contributed by atoms with E-state index in [1.807, 2.05) is 0 Å². The summed E-state index contributed by atoms with van der Waals surface area (Å²) < 4.78 is 51.0. The van der Waals surface area contributed by atoms with E-state index in [-0.39, 0.29) is 121 Å². The molecule has 0 saturated heterocycles. The molecule has 1 unspecified atom stereocenters. The summed E-state index contributed by atoms with van der Waals surface area (Å²) in [5.41, 5.74) is 1.54. The molecule has 23 heteroatoms. The molecule has 0 aliphatic carbocycles. The van der Waals surface area contributed by atoms with E-state index < -0.39 is 50.6 Å². The molecule has 1 atom stereocenters. The monoisotopic (exact) mass is 925 g/mol. The van der Waals surface area contributed by atoms with Crippen molar-refractivity contribution in [2.75, 3.05) is 30.8 Å². The maximum absolute atomic E-state index is 13.6. The molecule has 0 saturated carbocycles. The number of carbonyl (C=O) groups is 4. The minimum Gasteiger partial charge on any atom is -0.744 e. The normalized spacial score (nSPS) is 11.5.